The average molecular weight is 153 g/mol. The minimum atomic E-state index is -0.263. The molecular formula is C8H11NO2. The molecule has 0 radical (unpaired) electrons. The van der Waals surface area contributed by atoms with Crippen LogP contribution in [0.1, 0.15) is 6.92 Å². The lowest BCUT2D eigenvalue weighted by Crippen LogP contribution is -2.22. The molecule has 11 heavy (non-hydrogen) atoms. The van der Waals surface area contributed by atoms with Crippen LogP contribution in [0.25, 0.3) is 0 Å². The van der Waals surface area contributed by atoms with E-state index in [4.69, 9.17) is 0 Å². The Morgan fingerprint density at radius 1 is 1.64 bits per heavy atom. The number of carbonyl (C=O) groups is 1. The van der Waals surface area contributed by atoms with Crippen molar-refractivity contribution in [2.45, 2.75) is 6.92 Å². The van der Waals surface area contributed by atoms with E-state index in [2.05, 4.69) is 10.1 Å². The van der Waals surface area contributed by atoms with Gasteiger partial charge in [-0.05, 0) is 19.1 Å². The molecule has 0 saturated carbocycles. The van der Waals surface area contributed by atoms with E-state index in [1.165, 1.54) is 7.11 Å². The predicted octanol–water partition coefficient (Wildman–Crippen LogP) is 0.593. The molecule has 0 aromatic rings. The van der Waals surface area contributed by atoms with Gasteiger partial charge in [-0.3, -0.25) is 0 Å². The highest BCUT2D eigenvalue weighted by atomic mass is 16.5. The van der Waals surface area contributed by atoms with Gasteiger partial charge in [0.2, 0.25) is 0 Å². The number of hydrogen-bond acceptors (Lipinski definition) is 3. The van der Waals surface area contributed by atoms with Crippen molar-refractivity contribution < 1.29 is 9.53 Å². The number of allylic oxidation sites excluding steroid dienone is 3. The van der Waals surface area contributed by atoms with E-state index in [1.807, 2.05) is 13.0 Å². The van der Waals surface area contributed by atoms with Crippen molar-refractivity contribution in [3.05, 3.63) is 23.4 Å². The van der Waals surface area contributed by atoms with Crippen LogP contribution in [0.5, 0.6) is 0 Å². The Kier molecular flexibility index (Phi) is 2.31. The molecule has 0 aromatic heterocycles. The molecule has 0 aliphatic carbocycles. The number of dihydropyridines is 1. The van der Waals surface area contributed by atoms with Crippen LogP contribution in [0.3, 0.4) is 0 Å². The Hall–Kier alpha value is -1.25. The molecule has 1 aliphatic rings. The van der Waals surface area contributed by atoms with Gasteiger partial charge in [0.15, 0.2) is 0 Å². The van der Waals surface area contributed by atoms with Crippen LogP contribution in [0, 0.1) is 0 Å². The Morgan fingerprint density at radius 2 is 2.36 bits per heavy atom. The SMILES string of the molecule is COC(=O)C1=CC=C(C)NC1. The number of esters is 1. The zero-order valence-corrected chi connectivity index (χ0v) is 6.68. The maximum absolute atomic E-state index is 10.9. The number of hydrogen-bond donors (Lipinski definition) is 1. The monoisotopic (exact) mass is 153 g/mol. The summed E-state index contributed by atoms with van der Waals surface area (Å²) in [6, 6.07) is 0. The molecule has 1 aliphatic heterocycles. The van der Waals surface area contributed by atoms with Crippen LogP contribution in [-0.4, -0.2) is 19.6 Å². The van der Waals surface area contributed by atoms with E-state index in [9.17, 15) is 4.79 Å². The van der Waals surface area contributed by atoms with Crippen molar-refractivity contribution in [3.8, 4) is 0 Å². The second-order valence-electron chi connectivity index (χ2n) is 2.39. The van der Waals surface area contributed by atoms with Crippen molar-refractivity contribution in [2.75, 3.05) is 13.7 Å². The average Bonchev–Trinajstić information content (AvgIpc) is 2.05. The third kappa shape index (κ3) is 1.83. The summed E-state index contributed by atoms with van der Waals surface area (Å²) in [7, 11) is 1.38. The van der Waals surface area contributed by atoms with Crippen LogP contribution in [0.2, 0.25) is 0 Å². The maximum Gasteiger partial charge on any atom is 0.335 e. The molecule has 1 heterocycles. The van der Waals surface area contributed by atoms with E-state index in [0.29, 0.717) is 12.1 Å². The summed E-state index contributed by atoms with van der Waals surface area (Å²) in [6.45, 7) is 2.51. The molecule has 0 bridgehead atoms. The molecule has 0 fully saturated rings. The van der Waals surface area contributed by atoms with Crippen LogP contribution in [0.15, 0.2) is 23.4 Å². The highest BCUT2D eigenvalue weighted by molar-refractivity contribution is 5.89. The molecule has 1 rings (SSSR count). The van der Waals surface area contributed by atoms with Crippen molar-refractivity contribution in [1.82, 2.24) is 5.32 Å². The molecule has 0 atom stereocenters. The molecule has 0 unspecified atom stereocenters. The van der Waals surface area contributed by atoms with Gasteiger partial charge in [0.1, 0.15) is 0 Å². The van der Waals surface area contributed by atoms with Crippen molar-refractivity contribution in [3.63, 3.8) is 0 Å². The third-order valence-corrected chi connectivity index (χ3v) is 1.54. The normalized spacial score (nSPS) is 16.2. The van der Waals surface area contributed by atoms with Gasteiger partial charge < -0.3 is 10.1 Å². The van der Waals surface area contributed by atoms with Crippen LogP contribution < -0.4 is 5.32 Å². The Balaban J connectivity index is 2.68. The van der Waals surface area contributed by atoms with Gasteiger partial charge >= 0.3 is 5.97 Å². The quantitative estimate of drug-likeness (QED) is 0.560. The summed E-state index contributed by atoms with van der Waals surface area (Å²) in [5, 5.41) is 3.04. The lowest BCUT2D eigenvalue weighted by Gasteiger charge is -2.12. The van der Waals surface area contributed by atoms with Gasteiger partial charge in [0, 0.05) is 12.2 Å². The maximum atomic E-state index is 10.9. The first kappa shape index (κ1) is 7.85. The topological polar surface area (TPSA) is 38.3 Å². The first-order valence-electron chi connectivity index (χ1n) is 3.43. The van der Waals surface area contributed by atoms with Crippen LogP contribution in [-0.2, 0) is 9.53 Å². The highest BCUT2D eigenvalue weighted by Crippen LogP contribution is 2.04. The van der Waals surface area contributed by atoms with Crippen molar-refractivity contribution >= 4 is 5.97 Å². The fraction of sp³-hybridized carbons (Fsp3) is 0.375. The number of ether oxygens (including phenoxy) is 1. The molecule has 0 spiro atoms. The summed E-state index contributed by atoms with van der Waals surface area (Å²) in [5.74, 6) is -0.263. The Bertz CT molecular complexity index is 228. The predicted molar refractivity (Wildman–Crippen MR) is 41.9 cm³/mol. The summed E-state index contributed by atoms with van der Waals surface area (Å²) < 4.78 is 4.55. The largest absolute Gasteiger partial charge is 0.466 e. The Labute approximate surface area is 65.7 Å². The minimum Gasteiger partial charge on any atom is -0.466 e. The zero-order chi connectivity index (χ0) is 8.27. The first-order valence-corrected chi connectivity index (χ1v) is 3.43. The minimum absolute atomic E-state index is 0.263. The summed E-state index contributed by atoms with van der Waals surface area (Å²) in [6.07, 6.45) is 3.63. The molecule has 60 valence electrons. The van der Waals surface area contributed by atoms with Gasteiger partial charge in [0.05, 0.1) is 12.7 Å². The molecule has 3 nitrogen and oxygen atoms in total. The fourth-order valence-corrected chi connectivity index (χ4v) is 0.849. The summed E-state index contributed by atoms with van der Waals surface area (Å²) >= 11 is 0. The number of rotatable bonds is 1. The number of methoxy groups -OCH3 is 1. The van der Waals surface area contributed by atoms with E-state index in [1.54, 1.807) is 6.08 Å². The van der Waals surface area contributed by atoms with Crippen molar-refractivity contribution in [1.29, 1.82) is 0 Å². The van der Waals surface area contributed by atoms with Gasteiger partial charge in [-0.25, -0.2) is 4.79 Å². The van der Waals surface area contributed by atoms with E-state index in [-0.39, 0.29) is 5.97 Å². The van der Waals surface area contributed by atoms with E-state index < -0.39 is 0 Å². The third-order valence-electron chi connectivity index (χ3n) is 1.54. The zero-order valence-electron chi connectivity index (χ0n) is 6.68. The standard InChI is InChI=1S/C8H11NO2/c1-6-3-4-7(5-9-6)8(10)11-2/h3-4,9H,5H2,1-2H3. The van der Waals surface area contributed by atoms with Gasteiger partial charge in [-0.1, -0.05) is 0 Å². The lowest BCUT2D eigenvalue weighted by molar-refractivity contribution is -0.136. The molecule has 0 aromatic carbocycles. The van der Waals surface area contributed by atoms with Crippen LogP contribution in [0.4, 0.5) is 0 Å². The van der Waals surface area contributed by atoms with E-state index in [0.717, 1.165) is 5.70 Å². The highest BCUT2D eigenvalue weighted by Gasteiger charge is 2.10. The molecule has 0 saturated heterocycles. The first-order chi connectivity index (χ1) is 5.24. The number of carbonyl (C=O) groups excluding carboxylic acids is 1. The molecular weight excluding hydrogens is 142 g/mol. The smallest absolute Gasteiger partial charge is 0.335 e. The second kappa shape index (κ2) is 3.23. The fourth-order valence-electron chi connectivity index (χ4n) is 0.849. The number of nitrogens with one attached hydrogen (secondary N) is 1. The van der Waals surface area contributed by atoms with Gasteiger partial charge in [0.25, 0.3) is 0 Å². The lowest BCUT2D eigenvalue weighted by atomic mass is 10.2. The molecule has 3 heteroatoms. The van der Waals surface area contributed by atoms with Crippen LogP contribution >= 0.6 is 0 Å². The molecule has 0 amide bonds. The Morgan fingerprint density at radius 3 is 2.82 bits per heavy atom. The van der Waals surface area contributed by atoms with Crippen molar-refractivity contribution in [2.24, 2.45) is 0 Å². The molecule has 1 N–H and O–H groups in total. The summed E-state index contributed by atoms with van der Waals surface area (Å²) in [4.78, 5) is 10.9. The van der Waals surface area contributed by atoms with E-state index >= 15 is 0 Å². The summed E-state index contributed by atoms with van der Waals surface area (Å²) in [5.41, 5.74) is 1.73. The second-order valence-corrected chi connectivity index (χ2v) is 2.39. The van der Waals surface area contributed by atoms with Gasteiger partial charge in [-0.15, -0.1) is 0 Å². The van der Waals surface area contributed by atoms with Gasteiger partial charge in [-0.2, -0.15) is 0 Å².